The van der Waals surface area contributed by atoms with E-state index in [0.29, 0.717) is 22.1 Å². The second-order valence-corrected chi connectivity index (χ2v) is 7.59. The highest BCUT2D eigenvalue weighted by molar-refractivity contribution is 7.20. The number of fused-ring (bicyclic) bond motifs is 1. The van der Waals surface area contributed by atoms with Gasteiger partial charge in [-0.05, 0) is 30.3 Å². The van der Waals surface area contributed by atoms with E-state index in [9.17, 15) is 4.79 Å². The largest absolute Gasteiger partial charge is 0.497 e. The molecule has 0 fully saturated rings. The number of carbonyl (C=O) groups is 1. The van der Waals surface area contributed by atoms with Gasteiger partial charge in [-0.15, -0.1) is 11.3 Å². The zero-order valence-corrected chi connectivity index (χ0v) is 17.9. The summed E-state index contributed by atoms with van der Waals surface area (Å²) in [6, 6.07) is 14.9. The van der Waals surface area contributed by atoms with Crippen molar-refractivity contribution in [3.8, 4) is 28.5 Å². The Hall–Kier alpha value is -3.52. The minimum Gasteiger partial charge on any atom is -0.497 e. The average molecular weight is 423 g/mol. The van der Waals surface area contributed by atoms with Crippen molar-refractivity contribution >= 4 is 33.1 Å². The summed E-state index contributed by atoms with van der Waals surface area (Å²) in [6.45, 7) is 0. The molecule has 0 spiro atoms. The van der Waals surface area contributed by atoms with Gasteiger partial charge in [0.1, 0.15) is 16.3 Å². The molecular weight excluding hydrogens is 402 g/mol. The first-order chi connectivity index (χ1) is 14.5. The average Bonchev–Trinajstić information content (AvgIpc) is 3.34. The Morgan fingerprint density at radius 2 is 1.80 bits per heavy atom. The van der Waals surface area contributed by atoms with Crippen molar-refractivity contribution in [1.29, 1.82) is 0 Å². The molecule has 2 aromatic carbocycles. The quantitative estimate of drug-likeness (QED) is 0.491. The molecule has 0 saturated heterocycles. The summed E-state index contributed by atoms with van der Waals surface area (Å²) in [7, 11) is 6.64. The number of benzene rings is 2. The van der Waals surface area contributed by atoms with Gasteiger partial charge in [0.2, 0.25) is 0 Å². The van der Waals surface area contributed by atoms with Crippen molar-refractivity contribution in [2.24, 2.45) is 7.05 Å². The summed E-state index contributed by atoms with van der Waals surface area (Å²) in [6.07, 6.45) is 0. The van der Waals surface area contributed by atoms with Crippen LogP contribution in [0.4, 0.5) is 5.69 Å². The van der Waals surface area contributed by atoms with Gasteiger partial charge in [-0.2, -0.15) is 5.10 Å². The van der Waals surface area contributed by atoms with Crippen LogP contribution < -0.4 is 19.5 Å². The number of thiophene rings is 1. The predicted molar refractivity (Wildman–Crippen MR) is 118 cm³/mol. The van der Waals surface area contributed by atoms with Crippen molar-refractivity contribution in [3.63, 3.8) is 0 Å². The molecule has 0 aliphatic heterocycles. The van der Waals surface area contributed by atoms with Crippen LogP contribution in [0.2, 0.25) is 0 Å². The summed E-state index contributed by atoms with van der Waals surface area (Å²) in [5.74, 6) is 1.72. The van der Waals surface area contributed by atoms with Crippen LogP contribution in [0.1, 0.15) is 9.67 Å². The second kappa shape index (κ2) is 8.08. The molecule has 4 aromatic rings. The van der Waals surface area contributed by atoms with Gasteiger partial charge in [-0.1, -0.05) is 12.1 Å². The first-order valence-electron chi connectivity index (χ1n) is 9.18. The number of hydrogen-bond acceptors (Lipinski definition) is 6. The molecule has 0 bridgehead atoms. The lowest BCUT2D eigenvalue weighted by Gasteiger charge is -2.10. The van der Waals surface area contributed by atoms with E-state index in [2.05, 4.69) is 10.4 Å². The summed E-state index contributed by atoms with van der Waals surface area (Å²) >= 11 is 1.40. The van der Waals surface area contributed by atoms with E-state index < -0.39 is 0 Å². The lowest BCUT2D eigenvalue weighted by Crippen LogP contribution is -2.10. The minimum absolute atomic E-state index is 0.194. The normalized spacial score (nSPS) is 10.8. The SMILES string of the molecule is COc1cccc(-c2nn(C)c3sc(C(=O)Nc4ccc(OC)c(OC)c4)cc23)c1. The molecule has 1 N–H and O–H groups in total. The highest BCUT2D eigenvalue weighted by atomic mass is 32.1. The van der Waals surface area contributed by atoms with Gasteiger partial charge < -0.3 is 19.5 Å². The fourth-order valence-electron chi connectivity index (χ4n) is 3.24. The number of ether oxygens (including phenoxy) is 3. The van der Waals surface area contributed by atoms with Crippen LogP contribution in [0.3, 0.4) is 0 Å². The molecule has 8 heteroatoms. The van der Waals surface area contributed by atoms with E-state index >= 15 is 0 Å². The number of carbonyl (C=O) groups excluding carboxylic acids is 1. The van der Waals surface area contributed by atoms with Gasteiger partial charge in [0, 0.05) is 29.8 Å². The molecule has 0 atom stereocenters. The Labute approximate surface area is 177 Å². The Morgan fingerprint density at radius 3 is 2.53 bits per heavy atom. The molecule has 7 nitrogen and oxygen atoms in total. The number of anilines is 1. The van der Waals surface area contributed by atoms with Crippen LogP contribution >= 0.6 is 11.3 Å². The Balaban J connectivity index is 1.66. The number of aryl methyl sites for hydroxylation is 1. The summed E-state index contributed by atoms with van der Waals surface area (Å²) in [5, 5.41) is 8.47. The second-order valence-electron chi connectivity index (χ2n) is 6.56. The fraction of sp³-hybridized carbons (Fsp3) is 0.182. The maximum Gasteiger partial charge on any atom is 0.265 e. The molecule has 2 heterocycles. The molecule has 2 aromatic heterocycles. The van der Waals surface area contributed by atoms with Gasteiger partial charge in [-0.3, -0.25) is 9.48 Å². The number of methoxy groups -OCH3 is 3. The standard InChI is InChI=1S/C22H21N3O4S/c1-25-22-16(20(24-25)13-6-5-7-15(10-13)27-2)12-19(30-22)21(26)23-14-8-9-17(28-3)18(11-14)29-4/h5-12H,1-4H3,(H,23,26). The van der Waals surface area contributed by atoms with Gasteiger partial charge in [-0.25, -0.2) is 0 Å². The molecule has 0 unspecified atom stereocenters. The van der Waals surface area contributed by atoms with Crippen molar-refractivity contribution in [1.82, 2.24) is 9.78 Å². The van der Waals surface area contributed by atoms with Crippen LogP contribution in [0.15, 0.2) is 48.5 Å². The predicted octanol–water partition coefficient (Wildman–Crippen LogP) is 4.58. The number of amides is 1. The van der Waals surface area contributed by atoms with Crippen LogP contribution in [0, 0.1) is 0 Å². The number of nitrogens with zero attached hydrogens (tertiary/aromatic N) is 2. The minimum atomic E-state index is -0.194. The topological polar surface area (TPSA) is 74.6 Å². The van der Waals surface area contributed by atoms with E-state index in [0.717, 1.165) is 27.2 Å². The first kappa shape index (κ1) is 19.8. The molecule has 4 rings (SSSR count). The third kappa shape index (κ3) is 3.57. The molecule has 30 heavy (non-hydrogen) atoms. The van der Waals surface area contributed by atoms with E-state index in [-0.39, 0.29) is 5.91 Å². The van der Waals surface area contributed by atoms with Crippen LogP contribution in [0.25, 0.3) is 21.5 Å². The van der Waals surface area contributed by atoms with Crippen molar-refractivity contribution < 1.29 is 19.0 Å². The van der Waals surface area contributed by atoms with Gasteiger partial charge >= 0.3 is 0 Å². The third-order valence-corrected chi connectivity index (χ3v) is 5.92. The lowest BCUT2D eigenvalue weighted by atomic mass is 10.1. The van der Waals surface area contributed by atoms with E-state index in [1.807, 2.05) is 37.4 Å². The van der Waals surface area contributed by atoms with Crippen molar-refractivity contribution in [2.45, 2.75) is 0 Å². The van der Waals surface area contributed by atoms with E-state index in [1.165, 1.54) is 11.3 Å². The number of hydrogen-bond donors (Lipinski definition) is 1. The summed E-state index contributed by atoms with van der Waals surface area (Å²) < 4.78 is 17.7. The first-order valence-corrected chi connectivity index (χ1v) is 10.00. The number of rotatable bonds is 6. The number of aromatic nitrogens is 2. The molecule has 0 radical (unpaired) electrons. The van der Waals surface area contributed by atoms with E-state index in [4.69, 9.17) is 14.2 Å². The van der Waals surface area contributed by atoms with Crippen LogP contribution in [-0.4, -0.2) is 37.0 Å². The Morgan fingerprint density at radius 1 is 1.00 bits per heavy atom. The van der Waals surface area contributed by atoms with Crippen LogP contribution in [-0.2, 0) is 7.05 Å². The molecule has 0 saturated carbocycles. The fourth-order valence-corrected chi connectivity index (χ4v) is 4.21. The van der Waals surface area contributed by atoms with E-state index in [1.54, 1.807) is 44.2 Å². The smallest absolute Gasteiger partial charge is 0.265 e. The monoisotopic (exact) mass is 423 g/mol. The lowest BCUT2D eigenvalue weighted by molar-refractivity contribution is 0.103. The molecular formula is C22H21N3O4S. The highest BCUT2D eigenvalue weighted by Gasteiger charge is 2.19. The van der Waals surface area contributed by atoms with Crippen molar-refractivity contribution in [2.75, 3.05) is 26.6 Å². The van der Waals surface area contributed by atoms with Crippen LogP contribution in [0.5, 0.6) is 17.2 Å². The zero-order chi connectivity index (χ0) is 21.3. The highest BCUT2D eigenvalue weighted by Crippen LogP contribution is 2.35. The zero-order valence-electron chi connectivity index (χ0n) is 17.1. The summed E-state index contributed by atoms with van der Waals surface area (Å²) in [5.41, 5.74) is 2.37. The summed E-state index contributed by atoms with van der Waals surface area (Å²) in [4.78, 5) is 14.4. The Kier molecular flexibility index (Phi) is 5.33. The third-order valence-electron chi connectivity index (χ3n) is 4.72. The van der Waals surface area contributed by atoms with Gasteiger partial charge in [0.25, 0.3) is 5.91 Å². The maximum absolute atomic E-state index is 12.9. The molecule has 154 valence electrons. The Bertz CT molecular complexity index is 1230. The van der Waals surface area contributed by atoms with Gasteiger partial charge in [0.05, 0.1) is 26.2 Å². The number of nitrogens with one attached hydrogen (secondary N) is 1. The maximum atomic E-state index is 12.9. The molecule has 0 aliphatic rings. The van der Waals surface area contributed by atoms with Crippen molar-refractivity contribution in [3.05, 3.63) is 53.4 Å². The molecule has 0 aliphatic carbocycles. The van der Waals surface area contributed by atoms with Gasteiger partial charge in [0.15, 0.2) is 11.5 Å². The molecule has 1 amide bonds.